The minimum absolute atomic E-state index is 0.0394. The van der Waals surface area contributed by atoms with Crippen LogP contribution in [0.15, 0.2) is 34.9 Å². The van der Waals surface area contributed by atoms with Crippen LogP contribution >= 0.6 is 23.1 Å². The zero-order valence-corrected chi connectivity index (χ0v) is 23.0. The Morgan fingerprint density at radius 3 is 2.67 bits per heavy atom. The number of anilines is 1. The molecule has 0 N–H and O–H groups in total. The van der Waals surface area contributed by atoms with Gasteiger partial charge in [-0.1, -0.05) is 17.8 Å². The van der Waals surface area contributed by atoms with Crippen molar-refractivity contribution in [2.24, 2.45) is 0 Å². The molecule has 7 nitrogen and oxygen atoms in total. The fourth-order valence-corrected chi connectivity index (χ4v) is 6.83. The maximum Gasteiger partial charge on any atom is 0.416 e. The third-order valence-corrected chi connectivity index (χ3v) is 9.80. The van der Waals surface area contributed by atoms with Crippen LogP contribution in [0.25, 0.3) is 21.6 Å². The van der Waals surface area contributed by atoms with Gasteiger partial charge >= 0.3 is 6.18 Å². The van der Waals surface area contributed by atoms with Crippen molar-refractivity contribution in [3.63, 3.8) is 0 Å². The summed E-state index contributed by atoms with van der Waals surface area (Å²) < 4.78 is 50.8. The lowest BCUT2D eigenvalue weighted by Crippen LogP contribution is -2.37. The second kappa shape index (κ2) is 9.74. The van der Waals surface area contributed by atoms with E-state index < -0.39 is 11.7 Å². The van der Waals surface area contributed by atoms with Crippen molar-refractivity contribution in [2.45, 2.75) is 60.7 Å². The summed E-state index contributed by atoms with van der Waals surface area (Å²) in [6.45, 7) is 2.03. The number of aromatic nitrogens is 5. The smallest absolute Gasteiger partial charge is 0.373 e. The van der Waals surface area contributed by atoms with Crippen molar-refractivity contribution in [1.29, 1.82) is 0 Å². The van der Waals surface area contributed by atoms with Crippen LogP contribution in [-0.4, -0.2) is 50.7 Å². The molecule has 7 rings (SSSR count). The maximum absolute atomic E-state index is 13.6. The van der Waals surface area contributed by atoms with Crippen LogP contribution < -0.4 is 4.90 Å². The molecule has 2 aliphatic heterocycles. The Bertz CT molecular complexity index is 1530. The molecular weight excluding hydrogens is 545 g/mol. The number of rotatable bonds is 6. The van der Waals surface area contributed by atoms with Crippen LogP contribution in [0.3, 0.4) is 0 Å². The van der Waals surface area contributed by atoms with Gasteiger partial charge in [-0.25, -0.2) is 15.0 Å². The third-order valence-electron chi connectivity index (χ3n) is 7.77. The number of ether oxygens (including phenoxy) is 1. The molecule has 0 radical (unpaired) electrons. The number of alkyl halides is 3. The minimum Gasteiger partial charge on any atom is -0.373 e. The van der Waals surface area contributed by atoms with Gasteiger partial charge in [-0.2, -0.15) is 18.3 Å². The molecule has 2 saturated heterocycles. The monoisotopic (exact) mass is 572 g/mol. The van der Waals surface area contributed by atoms with Gasteiger partial charge in [0.1, 0.15) is 10.5 Å². The number of hydrogen-bond acceptors (Lipinski definition) is 8. The number of nitrogens with zero attached hydrogens (tertiary/aromatic N) is 6. The normalized spacial score (nSPS) is 21.9. The van der Waals surface area contributed by atoms with Gasteiger partial charge in [0, 0.05) is 48.6 Å². The van der Waals surface area contributed by atoms with Crippen molar-refractivity contribution < 1.29 is 17.9 Å². The summed E-state index contributed by atoms with van der Waals surface area (Å²) in [5.74, 6) is 0.713. The largest absolute Gasteiger partial charge is 0.416 e. The molecule has 1 aliphatic carbocycles. The Hall–Kier alpha value is -2.70. The lowest BCUT2D eigenvalue weighted by molar-refractivity contribution is -0.137. The van der Waals surface area contributed by atoms with Gasteiger partial charge in [0.05, 0.1) is 29.6 Å². The first kappa shape index (κ1) is 25.3. The average Bonchev–Trinajstić information content (AvgIpc) is 3.47. The summed E-state index contributed by atoms with van der Waals surface area (Å²) in [6.07, 6.45) is 6.21. The number of fused-ring (bicyclic) bond motifs is 1. The lowest BCUT2D eigenvalue weighted by atomic mass is 9.92. The Morgan fingerprint density at radius 1 is 1.10 bits per heavy atom. The van der Waals surface area contributed by atoms with E-state index in [1.54, 1.807) is 6.07 Å². The highest BCUT2D eigenvalue weighted by Crippen LogP contribution is 2.44. The molecule has 2 atom stereocenters. The van der Waals surface area contributed by atoms with Crippen molar-refractivity contribution >= 4 is 39.1 Å². The van der Waals surface area contributed by atoms with E-state index in [0.29, 0.717) is 47.5 Å². The Kier molecular flexibility index (Phi) is 6.31. The van der Waals surface area contributed by atoms with Crippen molar-refractivity contribution in [3.05, 3.63) is 47.5 Å². The van der Waals surface area contributed by atoms with Crippen LogP contribution in [0.2, 0.25) is 0 Å². The molecule has 3 aromatic heterocycles. The van der Waals surface area contributed by atoms with E-state index in [-0.39, 0.29) is 12.0 Å². The van der Waals surface area contributed by atoms with Gasteiger partial charge < -0.3 is 9.64 Å². The predicted molar refractivity (Wildman–Crippen MR) is 145 cm³/mol. The van der Waals surface area contributed by atoms with E-state index in [9.17, 15) is 13.2 Å². The second-order valence-corrected chi connectivity index (χ2v) is 12.5. The first-order valence-corrected chi connectivity index (χ1v) is 15.3. The molecule has 3 fully saturated rings. The quantitative estimate of drug-likeness (QED) is 0.234. The molecule has 39 heavy (non-hydrogen) atoms. The van der Waals surface area contributed by atoms with E-state index in [0.717, 1.165) is 46.6 Å². The molecular formula is C27H27F3N6OS2. The molecule has 204 valence electrons. The van der Waals surface area contributed by atoms with Gasteiger partial charge in [0.2, 0.25) is 0 Å². The molecule has 0 unspecified atom stereocenters. The maximum atomic E-state index is 13.6. The SMILES string of the molecule is CSc1nc2nc([C@H]3CCO[C@@H](c4cnn(C5CC5)c4)C3)nc(-c3ccc(C(F)(F)F)cc3N3CCC3)c2s1. The van der Waals surface area contributed by atoms with Crippen molar-refractivity contribution in [3.8, 4) is 11.3 Å². The standard InChI is InChI=1S/C27H27F3N6OS2/c1-38-26-34-25-23(39-26)22(19-6-3-17(27(28,29)30)12-20(19)35-8-2-9-35)32-24(33-25)15-7-10-37-21(11-15)16-13-31-36(14-16)18-4-5-18/h3,6,12-15,18,21H,2,4-5,7-11H2,1H3/t15-,21+/m0/s1. The minimum atomic E-state index is -4.41. The predicted octanol–water partition coefficient (Wildman–Crippen LogP) is 6.87. The van der Waals surface area contributed by atoms with Crippen LogP contribution in [0.1, 0.15) is 67.1 Å². The fraction of sp³-hybridized carbons (Fsp3) is 0.481. The highest BCUT2D eigenvalue weighted by atomic mass is 32.2. The zero-order valence-electron chi connectivity index (χ0n) is 21.3. The summed E-state index contributed by atoms with van der Waals surface area (Å²) in [5.41, 5.74) is 2.94. The first-order chi connectivity index (χ1) is 18.9. The molecule has 0 amide bonds. The Labute approximate surface area is 231 Å². The van der Waals surface area contributed by atoms with Crippen molar-refractivity contribution in [2.75, 3.05) is 30.9 Å². The summed E-state index contributed by atoms with van der Waals surface area (Å²) >= 11 is 3.02. The lowest BCUT2D eigenvalue weighted by Gasteiger charge is -2.35. The van der Waals surface area contributed by atoms with Gasteiger partial charge in [-0.15, -0.1) is 11.3 Å². The van der Waals surface area contributed by atoms with E-state index in [1.807, 2.05) is 22.0 Å². The number of hydrogen-bond donors (Lipinski definition) is 0. The van der Waals surface area contributed by atoms with Crippen LogP contribution in [0, 0.1) is 0 Å². The molecule has 12 heteroatoms. The molecule has 4 aromatic rings. The second-order valence-electron chi connectivity index (χ2n) is 10.4. The van der Waals surface area contributed by atoms with E-state index >= 15 is 0 Å². The molecule has 5 heterocycles. The van der Waals surface area contributed by atoms with Crippen molar-refractivity contribution in [1.82, 2.24) is 24.7 Å². The third kappa shape index (κ3) is 4.80. The summed E-state index contributed by atoms with van der Waals surface area (Å²) in [6, 6.07) is 4.50. The summed E-state index contributed by atoms with van der Waals surface area (Å²) in [5, 5.41) is 4.53. The summed E-state index contributed by atoms with van der Waals surface area (Å²) in [4.78, 5) is 16.7. The van der Waals surface area contributed by atoms with E-state index in [1.165, 1.54) is 42.0 Å². The summed E-state index contributed by atoms with van der Waals surface area (Å²) in [7, 11) is 0. The van der Waals surface area contributed by atoms with E-state index in [2.05, 4.69) is 11.3 Å². The van der Waals surface area contributed by atoms with E-state index in [4.69, 9.17) is 19.7 Å². The first-order valence-electron chi connectivity index (χ1n) is 13.2. The molecule has 0 bridgehead atoms. The highest BCUT2D eigenvalue weighted by molar-refractivity contribution is 8.00. The average molecular weight is 573 g/mol. The molecule has 1 saturated carbocycles. The molecule has 1 aromatic carbocycles. The number of halogens is 3. The molecule has 3 aliphatic rings. The van der Waals surface area contributed by atoms with Gasteiger partial charge in [0.25, 0.3) is 0 Å². The van der Waals surface area contributed by atoms with Crippen LogP contribution in [0.4, 0.5) is 18.9 Å². The highest BCUT2D eigenvalue weighted by Gasteiger charge is 2.34. The van der Waals surface area contributed by atoms with Gasteiger partial charge in [-0.05, 0) is 50.5 Å². The number of thioether (sulfide) groups is 1. The topological polar surface area (TPSA) is 69.0 Å². The van der Waals surface area contributed by atoms with Crippen LogP contribution in [0.5, 0.6) is 0 Å². The number of thiazole rings is 1. The molecule has 0 spiro atoms. The van der Waals surface area contributed by atoms with Crippen LogP contribution in [-0.2, 0) is 10.9 Å². The van der Waals surface area contributed by atoms with Gasteiger partial charge in [0.15, 0.2) is 9.99 Å². The Balaban J connectivity index is 1.30. The fourth-order valence-electron chi connectivity index (χ4n) is 5.32. The zero-order chi connectivity index (χ0) is 26.7. The van der Waals surface area contributed by atoms with Gasteiger partial charge in [-0.3, -0.25) is 4.68 Å². The number of benzene rings is 1. The Morgan fingerprint density at radius 2 is 1.95 bits per heavy atom.